The van der Waals surface area contributed by atoms with E-state index in [0.29, 0.717) is 0 Å². The summed E-state index contributed by atoms with van der Waals surface area (Å²) < 4.78 is 7.30. The predicted molar refractivity (Wildman–Crippen MR) is 59.9 cm³/mol. The average Bonchev–Trinajstić information content (AvgIpc) is 2.77. The molecule has 0 fully saturated rings. The van der Waals surface area contributed by atoms with Gasteiger partial charge in [0.25, 0.3) is 0 Å². The minimum Gasteiger partial charge on any atom is -0.497 e. The fraction of sp³-hybridized carbons (Fsp3) is 0.250. The molecule has 2 aromatic rings. The first-order valence-corrected chi connectivity index (χ1v) is 5.00. The monoisotopic (exact) mass is 202 g/mol. The molecule has 1 aromatic carbocycles. The second kappa shape index (κ2) is 4.17. The first-order valence-electron chi connectivity index (χ1n) is 5.00. The number of methoxy groups -OCH3 is 1. The van der Waals surface area contributed by atoms with Crippen LogP contribution in [0.3, 0.4) is 0 Å². The van der Waals surface area contributed by atoms with E-state index in [9.17, 15) is 0 Å². The van der Waals surface area contributed by atoms with Crippen LogP contribution in [0.2, 0.25) is 0 Å². The highest BCUT2D eigenvalue weighted by molar-refractivity contribution is 5.58. The zero-order valence-corrected chi connectivity index (χ0v) is 8.97. The predicted octanol–water partition coefficient (Wildman–Crippen LogP) is 2.58. The zero-order valence-electron chi connectivity index (χ0n) is 8.97. The van der Waals surface area contributed by atoms with Gasteiger partial charge in [-0.3, -0.25) is 0 Å². The normalized spacial score (nSPS) is 10.3. The molecule has 0 atom stereocenters. The molecular formula is C12H14N2O. The molecule has 0 saturated carbocycles. The molecule has 0 amide bonds. The summed E-state index contributed by atoms with van der Waals surface area (Å²) in [6.45, 7) is 3.03. The van der Waals surface area contributed by atoms with Crippen LogP contribution in [0, 0.1) is 0 Å². The minimum absolute atomic E-state index is 0.859. The largest absolute Gasteiger partial charge is 0.497 e. The fourth-order valence-electron chi connectivity index (χ4n) is 1.59. The van der Waals surface area contributed by atoms with Crippen molar-refractivity contribution < 1.29 is 4.74 Å². The Labute approximate surface area is 89.3 Å². The third-order valence-electron chi connectivity index (χ3n) is 2.38. The number of aromatic nitrogens is 2. The van der Waals surface area contributed by atoms with E-state index in [1.54, 1.807) is 7.11 Å². The van der Waals surface area contributed by atoms with Crippen molar-refractivity contribution in [3.8, 4) is 17.1 Å². The Morgan fingerprint density at radius 1 is 1.40 bits per heavy atom. The lowest BCUT2D eigenvalue weighted by molar-refractivity contribution is 0.415. The van der Waals surface area contributed by atoms with Gasteiger partial charge in [0.15, 0.2) is 0 Å². The zero-order chi connectivity index (χ0) is 10.7. The van der Waals surface area contributed by atoms with Crippen LogP contribution in [0.15, 0.2) is 36.7 Å². The van der Waals surface area contributed by atoms with Crippen molar-refractivity contribution in [1.29, 1.82) is 0 Å². The van der Waals surface area contributed by atoms with Crippen molar-refractivity contribution >= 4 is 0 Å². The SMILES string of the molecule is CCn1ccnc1-c1cccc(OC)c1. The fourth-order valence-corrected chi connectivity index (χ4v) is 1.59. The number of imidazole rings is 1. The van der Waals surface area contributed by atoms with E-state index >= 15 is 0 Å². The van der Waals surface area contributed by atoms with Gasteiger partial charge in [0.1, 0.15) is 11.6 Å². The standard InChI is InChI=1S/C12H14N2O/c1-3-14-8-7-13-12(14)10-5-4-6-11(9-10)15-2/h4-9H,3H2,1-2H3. The highest BCUT2D eigenvalue weighted by atomic mass is 16.5. The van der Waals surface area contributed by atoms with Gasteiger partial charge in [0.2, 0.25) is 0 Å². The lowest BCUT2D eigenvalue weighted by Gasteiger charge is -2.06. The summed E-state index contributed by atoms with van der Waals surface area (Å²) in [6.07, 6.45) is 3.80. The summed E-state index contributed by atoms with van der Waals surface area (Å²) in [4.78, 5) is 4.34. The quantitative estimate of drug-likeness (QED) is 0.764. The van der Waals surface area contributed by atoms with Gasteiger partial charge >= 0.3 is 0 Å². The summed E-state index contributed by atoms with van der Waals surface area (Å²) in [6, 6.07) is 7.94. The molecule has 0 N–H and O–H groups in total. The molecule has 0 radical (unpaired) electrons. The second-order valence-electron chi connectivity index (χ2n) is 3.27. The van der Waals surface area contributed by atoms with E-state index in [4.69, 9.17) is 4.74 Å². The maximum Gasteiger partial charge on any atom is 0.140 e. The maximum absolute atomic E-state index is 5.19. The third-order valence-corrected chi connectivity index (χ3v) is 2.38. The van der Waals surface area contributed by atoms with Gasteiger partial charge in [-0.15, -0.1) is 0 Å². The Kier molecular flexibility index (Phi) is 2.72. The van der Waals surface area contributed by atoms with Crippen LogP contribution >= 0.6 is 0 Å². The lowest BCUT2D eigenvalue weighted by Crippen LogP contribution is -1.96. The molecule has 0 aliphatic heterocycles. The molecule has 78 valence electrons. The van der Waals surface area contributed by atoms with E-state index in [1.165, 1.54) is 0 Å². The Balaban J connectivity index is 2.44. The van der Waals surface area contributed by atoms with Crippen molar-refractivity contribution in [3.63, 3.8) is 0 Å². The van der Waals surface area contributed by atoms with Crippen molar-refractivity contribution in [2.45, 2.75) is 13.5 Å². The minimum atomic E-state index is 0.859. The summed E-state index contributed by atoms with van der Waals surface area (Å²) in [5, 5.41) is 0. The molecule has 2 rings (SSSR count). The van der Waals surface area contributed by atoms with Gasteiger partial charge in [0, 0.05) is 24.5 Å². The first-order chi connectivity index (χ1) is 7.35. The highest BCUT2D eigenvalue weighted by Gasteiger charge is 2.04. The van der Waals surface area contributed by atoms with Crippen LogP contribution in [0.25, 0.3) is 11.4 Å². The van der Waals surface area contributed by atoms with Crippen LogP contribution < -0.4 is 4.74 Å². The van der Waals surface area contributed by atoms with Gasteiger partial charge in [-0.05, 0) is 19.1 Å². The summed E-state index contributed by atoms with van der Waals surface area (Å²) in [5.41, 5.74) is 1.08. The molecule has 3 nitrogen and oxygen atoms in total. The van der Waals surface area contributed by atoms with E-state index in [0.717, 1.165) is 23.7 Å². The Hall–Kier alpha value is -1.77. The van der Waals surface area contributed by atoms with Gasteiger partial charge in [0.05, 0.1) is 7.11 Å². The van der Waals surface area contributed by atoms with Gasteiger partial charge in [-0.25, -0.2) is 4.98 Å². The van der Waals surface area contributed by atoms with Crippen molar-refractivity contribution in [2.75, 3.05) is 7.11 Å². The van der Waals surface area contributed by atoms with Crippen LogP contribution in [-0.4, -0.2) is 16.7 Å². The topological polar surface area (TPSA) is 27.1 Å². The number of ether oxygens (including phenoxy) is 1. The van der Waals surface area contributed by atoms with Crippen LogP contribution in [0.1, 0.15) is 6.92 Å². The molecule has 1 aromatic heterocycles. The van der Waals surface area contributed by atoms with Crippen LogP contribution in [0.5, 0.6) is 5.75 Å². The number of benzene rings is 1. The van der Waals surface area contributed by atoms with Crippen molar-refractivity contribution in [3.05, 3.63) is 36.7 Å². The molecule has 0 spiro atoms. The van der Waals surface area contributed by atoms with E-state index in [-0.39, 0.29) is 0 Å². The van der Waals surface area contributed by atoms with E-state index in [1.807, 2.05) is 36.7 Å². The smallest absolute Gasteiger partial charge is 0.140 e. The molecular weight excluding hydrogens is 188 g/mol. The average molecular weight is 202 g/mol. The molecule has 1 heterocycles. The summed E-state index contributed by atoms with van der Waals surface area (Å²) in [7, 11) is 1.67. The van der Waals surface area contributed by atoms with Crippen molar-refractivity contribution in [2.24, 2.45) is 0 Å². The Morgan fingerprint density at radius 2 is 2.27 bits per heavy atom. The highest BCUT2D eigenvalue weighted by Crippen LogP contribution is 2.22. The van der Waals surface area contributed by atoms with Crippen LogP contribution in [0.4, 0.5) is 0 Å². The molecule has 0 aliphatic rings. The number of hydrogen-bond acceptors (Lipinski definition) is 2. The van der Waals surface area contributed by atoms with E-state index < -0.39 is 0 Å². The number of aryl methyl sites for hydroxylation is 1. The van der Waals surface area contributed by atoms with Gasteiger partial charge < -0.3 is 9.30 Å². The van der Waals surface area contributed by atoms with E-state index in [2.05, 4.69) is 16.5 Å². The molecule has 0 bridgehead atoms. The first kappa shape index (κ1) is 9.77. The van der Waals surface area contributed by atoms with Gasteiger partial charge in [-0.1, -0.05) is 12.1 Å². The lowest BCUT2D eigenvalue weighted by atomic mass is 10.2. The number of rotatable bonds is 3. The number of nitrogens with zero attached hydrogens (tertiary/aromatic N) is 2. The molecule has 0 unspecified atom stereocenters. The second-order valence-corrected chi connectivity index (χ2v) is 3.27. The number of hydrogen-bond donors (Lipinski definition) is 0. The third kappa shape index (κ3) is 1.86. The maximum atomic E-state index is 5.19. The van der Waals surface area contributed by atoms with Gasteiger partial charge in [-0.2, -0.15) is 0 Å². The molecule has 0 saturated heterocycles. The Bertz CT molecular complexity index is 448. The molecule has 0 aliphatic carbocycles. The molecule has 3 heteroatoms. The van der Waals surface area contributed by atoms with Crippen LogP contribution in [-0.2, 0) is 6.54 Å². The van der Waals surface area contributed by atoms with Crippen molar-refractivity contribution in [1.82, 2.24) is 9.55 Å². The summed E-state index contributed by atoms with van der Waals surface area (Å²) >= 11 is 0. The summed E-state index contributed by atoms with van der Waals surface area (Å²) in [5.74, 6) is 1.84. The molecule has 15 heavy (non-hydrogen) atoms. The Morgan fingerprint density at radius 3 is 3.00 bits per heavy atom.